The Kier molecular flexibility index (Phi) is 12.1. The monoisotopic (exact) mass is 548 g/mol. The van der Waals surface area contributed by atoms with Crippen LogP contribution < -0.4 is 5.46 Å². The number of aliphatic hydroxyl groups is 2. The van der Waals surface area contributed by atoms with Gasteiger partial charge in [-0.15, -0.1) is 0 Å². The maximum atomic E-state index is 9.44. The smallest absolute Gasteiger partial charge is 0.423 e. The summed E-state index contributed by atoms with van der Waals surface area (Å²) in [5.41, 5.74) is 7.09. The normalized spacial score (nSPS) is 11.8. The highest BCUT2D eigenvalue weighted by Gasteiger charge is 2.11. The Balaban J connectivity index is 0.000000200. The van der Waals surface area contributed by atoms with Crippen molar-refractivity contribution in [1.29, 1.82) is 0 Å². The molecule has 0 heterocycles. The molecule has 4 aromatic rings. The SMILES string of the molecule is C[C@H](O)c1ccc(Br)cc1.Cc1ccccc1-c1ccc([C@H](C)O)cc1.Cc1ccccc1B(O)O. The fraction of sp³-hybridized carbons (Fsp3) is 0.200. The number of halogens is 1. The molecule has 188 valence electrons. The molecule has 0 aromatic heterocycles. The van der Waals surface area contributed by atoms with Crippen molar-refractivity contribution in [1.82, 2.24) is 0 Å². The Bertz CT molecular complexity index is 1190. The quantitative estimate of drug-likeness (QED) is 0.240. The summed E-state index contributed by atoms with van der Waals surface area (Å²) in [4.78, 5) is 0. The second kappa shape index (κ2) is 14.7. The number of hydrogen-bond donors (Lipinski definition) is 4. The molecule has 0 radical (unpaired) electrons. The molecule has 6 heteroatoms. The van der Waals surface area contributed by atoms with Crippen LogP contribution in [0.1, 0.15) is 48.3 Å². The Labute approximate surface area is 223 Å². The molecule has 0 saturated carbocycles. The molecule has 4 nitrogen and oxygen atoms in total. The van der Waals surface area contributed by atoms with E-state index in [0.717, 1.165) is 21.2 Å². The van der Waals surface area contributed by atoms with E-state index in [1.807, 2.05) is 67.6 Å². The van der Waals surface area contributed by atoms with Gasteiger partial charge in [0, 0.05) is 4.47 Å². The van der Waals surface area contributed by atoms with Crippen LogP contribution >= 0.6 is 15.9 Å². The van der Waals surface area contributed by atoms with Gasteiger partial charge in [0.05, 0.1) is 12.2 Å². The van der Waals surface area contributed by atoms with Crippen molar-refractivity contribution in [2.45, 2.75) is 39.9 Å². The van der Waals surface area contributed by atoms with Crippen molar-refractivity contribution >= 4 is 28.5 Å². The molecule has 0 aliphatic heterocycles. The highest BCUT2D eigenvalue weighted by atomic mass is 79.9. The van der Waals surface area contributed by atoms with Gasteiger partial charge in [-0.1, -0.05) is 106 Å². The standard InChI is InChI=1S/C15H16O.C8H9BrO.C7H9BO2/c1-11-5-3-4-6-15(11)14-9-7-13(8-10-14)12(2)16;1-6(10)7-2-4-8(9)5-3-7;1-6-4-2-3-5-7(6)8(9)10/h3-10,12,16H,1-2H3;2-6,10H,1H3;2-5,9-10H,1H3/t12-;6-;/m00./s1. The van der Waals surface area contributed by atoms with Gasteiger partial charge >= 0.3 is 7.12 Å². The molecule has 36 heavy (non-hydrogen) atoms. The zero-order chi connectivity index (χ0) is 26.7. The molecule has 0 amide bonds. The molecule has 4 rings (SSSR count). The van der Waals surface area contributed by atoms with Crippen LogP contribution in [-0.2, 0) is 0 Å². The van der Waals surface area contributed by atoms with Crippen molar-refractivity contribution in [2.24, 2.45) is 0 Å². The van der Waals surface area contributed by atoms with Crippen molar-refractivity contribution in [3.05, 3.63) is 124 Å². The lowest BCUT2D eigenvalue weighted by Gasteiger charge is -2.08. The Morgan fingerprint density at radius 2 is 1.06 bits per heavy atom. The summed E-state index contributed by atoms with van der Waals surface area (Å²) in [5, 5.41) is 36.1. The Hall–Kier alpha value is -2.74. The van der Waals surface area contributed by atoms with E-state index >= 15 is 0 Å². The molecule has 0 saturated heterocycles. The first-order chi connectivity index (χ1) is 17.1. The van der Waals surface area contributed by atoms with Crippen molar-refractivity contribution in [2.75, 3.05) is 0 Å². The first-order valence-electron chi connectivity index (χ1n) is 11.8. The van der Waals surface area contributed by atoms with E-state index in [4.69, 9.17) is 15.2 Å². The van der Waals surface area contributed by atoms with Crippen LogP contribution in [0.5, 0.6) is 0 Å². The molecule has 0 bridgehead atoms. The molecular formula is C30H34BBrO4. The van der Waals surface area contributed by atoms with Crippen molar-refractivity contribution in [3.8, 4) is 11.1 Å². The van der Waals surface area contributed by atoms with Crippen LogP contribution in [0.3, 0.4) is 0 Å². The summed E-state index contributed by atoms with van der Waals surface area (Å²) in [6.45, 7) is 7.48. The number of aryl methyl sites for hydroxylation is 2. The first-order valence-corrected chi connectivity index (χ1v) is 12.6. The second-order valence-corrected chi connectivity index (χ2v) is 9.49. The number of benzene rings is 4. The fourth-order valence-corrected chi connectivity index (χ4v) is 3.72. The first kappa shape index (κ1) is 29.5. The highest BCUT2D eigenvalue weighted by molar-refractivity contribution is 9.10. The van der Waals surface area contributed by atoms with E-state index in [9.17, 15) is 5.11 Å². The van der Waals surface area contributed by atoms with Gasteiger partial charge in [0.1, 0.15) is 0 Å². The highest BCUT2D eigenvalue weighted by Crippen LogP contribution is 2.24. The third-order valence-corrected chi connectivity index (χ3v) is 6.20. The lowest BCUT2D eigenvalue weighted by atomic mass is 9.77. The predicted octanol–water partition coefficient (Wildman–Crippen LogP) is 5.89. The zero-order valence-electron chi connectivity index (χ0n) is 21.1. The maximum Gasteiger partial charge on any atom is 0.488 e. The summed E-state index contributed by atoms with van der Waals surface area (Å²) in [5.74, 6) is 0. The van der Waals surface area contributed by atoms with Gasteiger partial charge in [0.25, 0.3) is 0 Å². The number of rotatable bonds is 4. The third-order valence-electron chi connectivity index (χ3n) is 5.67. The number of hydrogen-bond acceptors (Lipinski definition) is 4. The van der Waals surface area contributed by atoms with Gasteiger partial charge in [0.2, 0.25) is 0 Å². The summed E-state index contributed by atoms with van der Waals surface area (Å²) in [6.07, 6.45) is -0.765. The minimum Gasteiger partial charge on any atom is -0.423 e. The third kappa shape index (κ3) is 9.38. The molecule has 0 unspecified atom stereocenters. The molecule has 0 spiro atoms. The van der Waals surface area contributed by atoms with Crippen LogP contribution in [0, 0.1) is 13.8 Å². The molecule has 0 aliphatic rings. The molecular weight excluding hydrogens is 515 g/mol. The summed E-state index contributed by atoms with van der Waals surface area (Å²) in [6, 6.07) is 31.2. The lowest BCUT2D eigenvalue weighted by molar-refractivity contribution is 0.199. The lowest BCUT2D eigenvalue weighted by Crippen LogP contribution is -2.31. The van der Waals surface area contributed by atoms with Crippen LogP contribution in [-0.4, -0.2) is 27.4 Å². The zero-order valence-corrected chi connectivity index (χ0v) is 22.7. The van der Waals surface area contributed by atoms with E-state index in [1.165, 1.54) is 16.7 Å². The topological polar surface area (TPSA) is 80.9 Å². The Morgan fingerprint density at radius 3 is 1.47 bits per heavy atom. The van der Waals surface area contributed by atoms with Gasteiger partial charge < -0.3 is 20.3 Å². The molecule has 4 aromatic carbocycles. The van der Waals surface area contributed by atoms with E-state index < -0.39 is 13.2 Å². The van der Waals surface area contributed by atoms with Gasteiger partial charge in [-0.3, -0.25) is 0 Å². The number of aliphatic hydroxyl groups excluding tert-OH is 2. The average molecular weight is 549 g/mol. The van der Waals surface area contributed by atoms with Gasteiger partial charge in [-0.05, 0) is 73.1 Å². The summed E-state index contributed by atoms with van der Waals surface area (Å²) < 4.78 is 1.04. The van der Waals surface area contributed by atoms with E-state index in [1.54, 1.807) is 26.0 Å². The predicted molar refractivity (Wildman–Crippen MR) is 153 cm³/mol. The maximum absolute atomic E-state index is 9.44. The molecule has 0 aliphatic carbocycles. The van der Waals surface area contributed by atoms with Crippen molar-refractivity contribution < 1.29 is 20.3 Å². The average Bonchev–Trinajstić information content (AvgIpc) is 2.85. The van der Waals surface area contributed by atoms with Crippen molar-refractivity contribution in [3.63, 3.8) is 0 Å². The van der Waals surface area contributed by atoms with E-state index in [0.29, 0.717) is 5.46 Å². The van der Waals surface area contributed by atoms with Crippen LogP contribution in [0.15, 0.2) is 102 Å². The van der Waals surface area contributed by atoms with Crippen LogP contribution in [0.25, 0.3) is 11.1 Å². The Morgan fingerprint density at radius 1 is 0.611 bits per heavy atom. The van der Waals surface area contributed by atoms with E-state index in [-0.39, 0.29) is 6.10 Å². The minimum absolute atomic E-state index is 0.368. The minimum atomic E-state index is -1.35. The van der Waals surface area contributed by atoms with Crippen LogP contribution in [0.4, 0.5) is 0 Å². The van der Waals surface area contributed by atoms with E-state index in [2.05, 4.69) is 47.1 Å². The molecule has 4 N–H and O–H groups in total. The van der Waals surface area contributed by atoms with Gasteiger partial charge in [-0.2, -0.15) is 0 Å². The fourth-order valence-electron chi connectivity index (χ4n) is 3.46. The van der Waals surface area contributed by atoms with Crippen LogP contribution in [0.2, 0.25) is 0 Å². The molecule has 2 atom stereocenters. The summed E-state index contributed by atoms with van der Waals surface area (Å²) in [7, 11) is -1.35. The largest absolute Gasteiger partial charge is 0.488 e. The van der Waals surface area contributed by atoms with Gasteiger partial charge in [-0.25, -0.2) is 0 Å². The second-order valence-electron chi connectivity index (χ2n) is 8.57. The summed E-state index contributed by atoms with van der Waals surface area (Å²) >= 11 is 3.31. The van der Waals surface area contributed by atoms with Gasteiger partial charge in [0.15, 0.2) is 0 Å². The molecule has 0 fully saturated rings.